The van der Waals surface area contributed by atoms with E-state index in [0.717, 1.165) is 5.56 Å². The van der Waals surface area contributed by atoms with E-state index in [9.17, 15) is 14.7 Å². The number of hydrogen-bond acceptors (Lipinski definition) is 4. The Morgan fingerprint density at radius 2 is 1.81 bits per heavy atom. The Morgan fingerprint density at radius 3 is 2.48 bits per heavy atom. The van der Waals surface area contributed by atoms with Gasteiger partial charge in [-0.2, -0.15) is 0 Å². The van der Waals surface area contributed by atoms with Gasteiger partial charge in [-0.25, -0.2) is 0 Å². The van der Waals surface area contributed by atoms with Crippen LogP contribution in [0.3, 0.4) is 0 Å². The first-order chi connectivity index (χ1) is 14.6. The van der Waals surface area contributed by atoms with Gasteiger partial charge < -0.3 is 9.84 Å². The molecule has 1 amide bonds. The van der Waals surface area contributed by atoms with Gasteiger partial charge in [0.1, 0.15) is 0 Å². The van der Waals surface area contributed by atoms with Gasteiger partial charge in [0.25, 0.3) is 0 Å². The summed E-state index contributed by atoms with van der Waals surface area (Å²) in [7, 11) is 1.47. The number of aromatic hydroxyl groups is 1. The van der Waals surface area contributed by atoms with Gasteiger partial charge >= 0.3 is 0 Å². The summed E-state index contributed by atoms with van der Waals surface area (Å²) in [4.78, 5) is 28.3. The van der Waals surface area contributed by atoms with E-state index in [1.807, 2.05) is 13.8 Å². The summed E-state index contributed by atoms with van der Waals surface area (Å²) in [5, 5.41) is 10.7. The number of carbonyl (C=O) groups excluding carboxylic acids is 2. The molecule has 1 unspecified atom stereocenters. The average molecular weight is 460 g/mol. The van der Waals surface area contributed by atoms with Gasteiger partial charge in [-0.3, -0.25) is 14.5 Å². The Hall–Kier alpha value is -2.50. The van der Waals surface area contributed by atoms with Crippen molar-refractivity contribution in [2.45, 2.75) is 39.0 Å². The predicted octanol–water partition coefficient (Wildman–Crippen LogP) is 5.87. The van der Waals surface area contributed by atoms with Crippen molar-refractivity contribution in [3.63, 3.8) is 0 Å². The van der Waals surface area contributed by atoms with Crippen molar-refractivity contribution in [3.05, 3.63) is 63.3 Å². The van der Waals surface area contributed by atoms with Gasteiger partial charge in [0.2, 0.25) is 5.91 Å². The molecule has 0 bridgehead atoms. The number of ketones is 1. The van der Waals surface area contributed by atoms with Crippen molar-refractivity contribution in [2.24, 2.45) is 5.41 Å². The summed E-state index contributed by atoms with van der Waals surface area (Å²) in [5.74, 6) is -0.182. The number of amides is 1. The molecule has 0 spiro atoms. The molecule has 5 nitrogen and oxygen atoms in total. The largest absolute Gasteiger partial charge is 0.504 e. The molecule has 0 fully saturated rings. The van der Waals surface area contributed by atoms with Gasteiger partial charge in [-0.15, -0.1) is 0 Å². The van der Waals surface area contributed by atoms with E-state index >= 15 is 0 Å². The van der Waals surface area contributed by atoms with E-state index in [0.29, 0.717) is 45.6 Å². The molecule has 1 heterocycles. The maximum Gasteiger partial charge on any atom is 0.232 e. The lowest BCUT2D eigenvalue weighted by Gasteiger charge is -2.43. The molecule has 4 rings (SSSR count). The molecule has 0 aromatic heterocycles. The van der Waals surface area contributed by atoms with Crippen LogP contribution in [0, 0.1) is 5.41 Å². The highest BCUT2D eigenvalue weighted by Crippen LogP contribution is 2.49. The van der Waals surface area contributed by atoms with E-state index < -0.39 is 5.92 Å². The second kappa shape index (κ2) is 7.88. The van der Waals surface area contributed by atoms with Crippen molar-refractivity contribution in [1.29, 1.82) is 0 Å². The van der Waals surface area contributed by atoms with Crippen molar-refractivity contribution in [2.75, 3.05) is 12.0 Å². The average Bonchev–Trinajstić information content (AvgIpc) is 2.69. The van der Waals surface area contributed by atoms with Crippen molar-refractivity contribution < 1.29 is 19.4 Å². The number of hydrogen-bond donors (Lipinski definition) is 1. The maximum absolute atomic E-state index is 13.4. The maximum atomic E-state index is 13.4. The van der Waals surface area contributed by atoms with Crippen LogP contribution in [0.25, 0.3) is 0 Å². The molecule has 1 N–H and O–H groups in total. The second-order valence-corrected chi connectivity index (χ2v) is 9.63. The summed E-state index contributed by atoms with van der Waals surface area (Å²) in [6, 6.07) is 10.0. The highest BCUT2D eigenvalue weighted by atomic mass is 35.5. The lowest BCUT2D eigenvalue weighted by atomic mass is 9.69. The van der Waals surface area contributed by atoms with Crippen LogP contribution in [0.4, 0.5) is 5.69 Å². The van der Waals surface area contributed by atoms with Gasteiger partial charge in [0.05, 0.1) is 22.8 Å². The zero-order valence-corrected chi connectivity index (χ0v) is 19.0. The number of phenolic OH excluding ortho intramolecular Hbond substituents is 1. The quantitative estimate of drug-likeness (QED) is 0.622. The second-order valence-electron chi connectivity index (χ2n) is 8.82. The minimum atomic E-state index is -0.403. The SMILES string of the molecule is COc1cc(C2CC(=O)N(c3ccc(Cl)c(Cl)c3)C3=C2C(=O)CC(C)(C)C3)ccc1O. The number of halogens is 2. The van der Waals surface area contributed by atoms with Crippen molar-refractivity contribution in [3.8, 4) is 11.5 Å². The number of ether oxygens (including phenoxy) is 1. The highest BCUT2D eigenvalue weighted by Gasteiger charge is 2.44. The zero-order valence-electron chi connectivity index (χ0n) is 17.5. The lowest BCUT2D eigenvalue weighted by molar-refractivity contribution is -0.121. The molecule has 0 saturated heterocycles. The summed E-state index contributed by atoms with van der Waals surface area (Å²) in [6.07, 6.45) is 1.10. The first-order valence-corrected chi connectivity index (χ1v) is 10.8. The van der Waals surface area contributed by atoms with Crippen LogP contribution in [0.2, 0.25) is 10.0 Å². The standard InChI is InChI=1S/C24H23Cl2NO4/c1-24(2)11-18-23(20(29)12-24)15(13-4-7-19(28)21(8-13)31-3)10-22(30)27(18)14-5-6-16(25)17(26)9-14/h4-9,15,28H,10-12H2,1-3H3. The Morgan fingerprint density at radius 1 is 1.06 bits per heavy atom. The monoisotopic (exact) mass is 459 g/mol. The number of methoxy groups -OCH3 is 1. The van der Waals surface area contributed by atoms with Gasteiger partial charge in [-0.05, 0) is 47.7 Å². The molecule has 2 aromatic carbocycles. The first-order valence-electron chi connectivity index (χ1n) is 10.0. The number of Topliss-reactive ketones (excluding diaryl/α,β-unsaturated/α-hetero) is 1. The first kappa shape index (κ1) is 21.7. The Kier molecular flexibility index (Phi) is 5.52. The normalized spacial score (nSPS) is 20.7. The number of anilines is 1. The number of allylic oxidation sites excluding steroid dienone is 2. The van der Waals surface area contributed by atoms with Crippen LogP contribution < -0.4 is 9.64 Å². The molecule has 2 aromatic rings. The number of nitrogens with zero attached hydrogens (tertiary/aromatic N) is 1. The summed E-state index contributed by atoms with van der Waals surface area (Å²) in [6.45, 7) is 4.05. The molecule has 162 valence electrons. The minimum Gasteiger partial charge on any atom is -0.504 e. The molecule has 1 aliphatic carbocycles. The number of carbonyl (C=O) groups is 2. The molecule has 0 radical (unpaired) electrons. The number of rotatable bonds is 3. The third kappa shape index (κ3) is 3.92. The summed E-state index contributed by atoms with van der Waals surface area (Å²) in [5.41, 5.74) is 2.42. The molecule has 1 aliphatic heterocycles. The minimum absolute atomic E-state index is 0.0103. The fourth-order valence-electron chi connectivity index (χ4n) is 4.53. The molecule has 2 aliphatic rings. The molecule has 0 saturated carbocycles. The topological polar surface area (TPSA) is 66.8 Å². The van der Waals surface area contributed by atoms with Crippen LogP contribution in [0.15, 0.2) is 47.7 Å². The van der Waals surface area contributed by atoms with Crippen LogP contribution in [0.1, 0.15) is 44.6 Å². The van der Waals surface area contributed by atoms with Crippen LogP contribution in [-0.4, -0.2) is 23.9 Å². The van der Waals surface area contributed by atoms with E-state index in [1.165, 1.54) is 13.2 Å². The van der Waals surface area contributed by atoms with Gasteiger partial charge in [0, 0.05) is 30.0 Å². The summed E-state index contributed by atoms with van der Waals surface area (Å²) >= 11 is 12.3. The van der Waals surface area contributed by atoms with E-state index in [-0.39, 0.29) is 29.3 Å². The zero-order chi connectivity index (χ0) is 22.5. The smallest absolute Gasteiger partial charge is 0.232 e. The van der Waals surface area contributed by atoms with Crippen molar-refractivity contribution >= 4 is 40.6 Å². The van der Waals surface area contributed by atoms with Crippen LogP contribution in [0.5, 0.6) is 11.5 Å². The van der Waals surface area contributed by atoms with Crippen molar-refractivity contribution in [1.82, 2.24) is 0 Å². The predicted molar refractivity (Wildman–Crippen MR) is 121 cm³/mol. The molecule has 31 heavy (non-hydrogen) atoms. The van der Waals surface area contributed by atoms with E-state index in [1.54, 1.807) is 35.2 Å². The Labute approximate surface area is 191 Å². The molecular formula is C24H23Cl2NO4. The summed E-state index contributed by atoms with van der Waals surface area (Å²) < 4.78 is 5.24. The highest BCUT2D eigenvalue weighted by molar-refractivity contribution is 6.42. The van der Waals surface area contributed by atoms with Gasteiger partial charge in [-0.1, -0.05) is 43.1 Å². The van der Waals surface area contributed by atoms with Gasteiger partial charge in [0.15, 0.2) is 17.3 Å². The Balaban J connectivity index is 1.90. The molecule has 7 heteroatoms. The Bertz CT molecular complexity index is 1120. The lowest BCUT2D eigenvalue weighted by Crippen LogP contribution is -2.43. The third-order valence-corrected chi connectivity index (χ3v) is 6.65. The van der Waals surface area contributed by atoms with E-state index in [4.69, 9.17) is 27.9 Å². The number of benzene rings is 2. The fraction of sp³-hybridized carbons (Fsp3) is 0.333. The molecule has 1 atom stereocenters. The molecular weight excluding hydrogens is 437 g/mol. The fourth-order valence-corrected chi connectivity index (χ4v) is 4.83. The van der Waals surface area contributed by atoms with Crippen LogP contribution >= 0.6 is 23.2 Å². The van der Waals surface area contributed by atoms with E-state index in [2.05, 4.69) is 0 Å². The van der Waals surface area contributed by atoms with Crippen LogP contribution in [-0.2, 0) is 9.59 Å². The number of phenols is 1. The third-order valence-electron chi connectivity index (χ3n) is 5.91.